The zero-order valence-electron chi connectivity index (χ0n) is 10.2. The van der Waals surface area contributed by atoms with Crippen molar-refractivity contribution in [3.05, 3.63) is 34.6 Å². The van der Waals surface area contributed by atoms with Crippen LogP contribution in [0.3, 0.4) is 0 Å². The lowest BCUT2D eigenvalue weighted by atomic mass is 9.82. The van der Waals surface area contributed by atoms with Gasteiger partial charge in [-0.2, -0.15) is 0 Å². The van der Waals surface area contributed by atoms with Gasteiger partial charge in [0.2, 0.25) is 0 Å². The second kappa shape index (κ2) is 5.83. The van der Waals surface area contributed by atoms with Gasteiger partial charge in [0.15, 0.2) is 0 Å². The Labute approximate surface area is 107 Å². The molecule has 2 atom stereocenters. The first kappa shape index (κ1) is 12.8. The van der Waals surface area contributed by atoms with Gasteiger partial charge >= 0.3 is 0 Å². The molecule has 0 aliphatic heterocycles. The molecule has 0 radical (unpaired) electrons. The Morgan fingerprint density at radius 3 is 2.94 bits per heavy atom. The van der Waals surface area contributed by atoms with Crippen LogP contribution in [0.4, 0.5) is 4.39 Å². The molecule has 0 aromatic heterocycles. The van der Waals surface area contributed by atoms with E-state index in [1.165, 1.54) is 37.8 Å². The summed E-state index contributed by atoms with van der Waals surface area (Å²) in [6.07, 6.45) is 5.96. The highest BCUT2D eigenvalue weighted by Crippen LogP contribution is 2.29. The van der Waals surface area contributed by atoms with Crippen molar-refractivity contribution in [1.82, 2.24) is 5.32 Å². The lowest BCUT2D eigenvalue weighted by Gasteiger charge is -2.29. The highest BCUT2D eigenvalue weighted by Gasteiger charge is 2.21. The molecule has 0 saturated heterocycles. The lowest BCUT2D eigenvalue weighted by molar-refractivity contribution is 0.294. The van der Waals surface area contributed by atoms with E-state index in [2.05, 4.69) is 5.32 Å². The van der Waals surface area contributed by atoms with Gasteiger partial charge in [0.05, 0.1) is 0 Å². The molecule has 1 aromatic carbocycles. The van der Waals surface area contributed by atoms with Crippen molar-refractivity contribution < 1.29 is 4.39 Å². The van der Waals surface area contributed by atoms with Gasteiger partial charge in [0.25, 0.3) is 0 Å². The summed E-state index contributed by atoms with van der Waals surface area (Å²) in [4.78, 5) is 0. The fourth-order valence-corrected chi connectivity index (χ4v) is 2.98. The molecule has 0 amide bonds. The van der Waals surface area contributed by atoms with Crippen molar-refractivity contribution in [1.29, 1.82) is 0 Å². The van der Waals surface area contributed by atoms with Crippen LogP contribution in [0.25, 0.3) is 0 Å². The molecule has 2 unspecified atom stereocenters. The highest BCUT2D eigenvalue weighted by atomic mass is 35.5. The number of hydrogen-bond acceptors (Lipinski definition) is 1. The molecule has 1 fully saturated rings. The summed E-state index contributed by atoms with van der Waals surface area (Å²) < 4.78 is 12.9. The Bertz CT molecular complexity index is 380. The standard InChI is InChI=1S/C14H19ClFN/c1-17-13-4-2-3-10(8-13)7-11-5-6-12(16)9-14(11)15/h5-6,9-10,13,17H,2-4,7-8H2,1H3. The number of nitrogens with one attached hydrogen (secondary N) is 1. The van der Waals surface area contributed by atoms with E-state index in [4.69, 9.17) is 11.6 Å². The van der Waals surface area contributed by atoms with E-state index in [1.54, 1.807) is 0 Å². The number of rotatable bonds is 3. The fourth-order valence-electron chi connectivity index (χ4n) is 2.74. The molecule has 1 aliphatic carbocycles. The molecule has 1 aromatic rings. The Hall–Kier alpha value is -0.600. The molecular formula is C14H19ClFN. The molecule has 17 heavy (non-hydrogen) atoms. The van der Waals surface area contributed by atoms with E-state index in [1.807, 2.05) is 13.1 Å². The normalized spacial score (nSPS) is 24.9. The van der Waals surface area contributed by atoms with Crippen LogP contribution in [0, 0.1) is 11.7 Å². The first-order chi connectivity index (χ1) is 8.19. The summed E-state index contributed by atoms with van der Waals surface area (Å²) in [5, 5.41) is 3.92. The second-order valence-electron chi connectivity index (χ2n) is 4.96. The minimum absolute atomic E-state index is 0.254. The van der Waals surface area contributed by atoms with Gasteiger partial charge in [-0.15, -0.1) is 0 Å². The molecular weight excluding hydrogens is 237 g/mol. The molecule has 0 heterocycles. The highest BCUT2D eigenvalue weighted by molar-refractivity contribution is 6.31. The van der Waals surface area contributed by atoms with E-state index >= 15 is 0 Å². The van der Waals surface area contributed by atoms with E-state index in [0.717, 1.165) is 12.0 Å². The van der Waals surface area contributed by atoms with Crippen LogP contribution in [0.2, 0.25) is 5.02 Å². The van der Waals surface area contributed by atoms with Gasteiger partial charge in [-0.1, -0.05) is 30.5 Å². The van der Waals surface area contributed by atoms with Crippen molar-refractivity contribution >= 4 is 11.6 Å². The predicted molar refractivity (Wildman–Crippen MR) is 69.9 cm³/mol. The van der Waals surface area contributed by atoms with Gasteiger partial charge in [-0.25, -0.2) is 4.39 Å². The third-order valence-corrected chi connectivity index (χ3v) is 4.07. The average Bonchev–Trinajstić information content (AvgIpc) is 2.33. The van der Waals surface area contributed by atoms with Crippen LogP contribution in [-0.2, 0) is 6.42 Å². The Morgan fingerprint density at radius 1 is 1.41 bits per heavy atom. The molecule has 2 rings (SSSR count). The van der Waals surface area contributed by atoms with E-state index in [-0.39, 0.29) is 5.82 Å². The van der Waals surface area contributed by atoms with Gasteiger partial charge in [-0.3, -0.25) is 0 Å². The SMILES string of the molecule is CNC1CCCC(Cc2ccc(F)cc2Cl)C1. The fraction of sp³-hybridized carbons (Fsp3) is 0.571. The van der Waals surface area contributed by atoms with Crippen molar-refractivity contribution in [2.45, 2.75) is 38.1 Å². The first-order valence-corrected chi connectivity index (χ1v) is 6.68. The Morgan fingerprint density at radius 2 is 2.24 bits per heavy atom. The lowest BCUT2D eigenvalue weighted by Crippen LogP contribution is -2.31. The van der Waals surface area contributed by atoms with Gasteiger partial charge in [0.1, 0.15) is 5.82 Å². The predicted octanol–water partition coefficient (Wildman–Crippen LogP) is 3.80. The zero-order chi connectivity index (χ0) is 12.3. The molecule has 1 saturated carbocycles. The maximum Gasteiger partial charge on any atom is 0.124 e. The maximum atomic E-state index is 12.9. The molecule has 0 spiro atoms. The summed E-state index contributed by atoms with van der Waals surface area (Å²) in [7, 11) is 2.03. The molecule has 1 N–H and O–H groups in total. The smallest absolute Gasteiger partial charge is 0.124 e. The van der Waals surface area contributed by atoms with Gasteiger partial charge in [-0.05, 0) is 49.9 Å². The molecule has 1 nitrogen and oxygen atoms in total. The van der Waals surface area contributed by atoms with Gasteiger partial charge in [0, 0.05) is 11.1 Å². The van der Waals surface area contributed by atoms with E-state index < -0.39 is 0 Å². The summed E-state index contributed by atoms with van der Waals surface area (Å²) in [5.74, 6) is 0.416. The summed E-state index contributed by atoms with van der Waals surface area (Å²) >= 11 is 6.06. The van der Waals surface area contributed by atoms with Crippen LogP contribution in [0.15, 0.2) is 18.2 Å². The monoisotopic (exact) mass is 255 g/mol. The second-order valence-corrected chi connectivity index (χ2v) is 5.37. The van der Waals surface area contributed by atoms with Crippen LogP contribution in [-0.4, -0.2) is 13.1 Å². The van der Waals surface area contributed by atoms with E-state index in [0.29, 0.717) is 17.0 Å². The molecule has 0 bridgehead atoms. The summed E-state index contributed by atoms with van der Waals surface area (Å²) in [6.45, 7) is 0. The molecule has 3 heteroatoms. The van der Waals surface area contributed by atoms with Crippen molar-refractivity contribution in [3.63, 3.8) is 0 Å². The third kappa shape index (κ3) is 3.43. The first-order valence-electron chi connectivity index (χ1n) is 6.30. The van der Waals surface area contributed by atoms with Gasteiger partial charge < -0.3 is 5.32 Å². The van der Waals surface area contributed by atoms with Crippen LogP contribution in [0.5, 0.6) is 0 Å². The molecule has 94 valence electrons. The number of benzene rings is 1. The third-order valence-electron chi connectivity index (χ3n) is 3.71. The average molecular weight is 256 g/mol. The Balaban J connectivity index is 2.00. The van der Waals surface area contributed by atoms with E-state index in [9.17, 15) is 4.39 Å². The number of halogens is 2. The number of hydrogen-bond donors (Lipinski definition) is 1. The van der Waals surface area contributed by atoms with Crippen molar-refractivity contribution in [2.24, 2.45) is 5.92 Å². The van der Waals surface area contributed by atoms with Crippen LogP contribution in [0.1, 0.15) is 31.2 Å². The minimum atomic E-state index is -0.254. The largest absolute Gasteiger partial charge is 0.317 e. The topological polar surface area (TPSA) is 12.0 Å². The van der Waals surface area contributed by atoms with Crippen molar-refractivity contribution in [3.8, 4) is 0 Å². The summed E-state index contributed by atoms with van der Waals surface area (Å²) in [5.41, 5.74) is 1.08. The maximum absolute atomic E-state index is 12.9. The Kier molecular flexibility index (Phi) is 4.41. The van der Waals surface area contributed by atoms with Crippen LogP contribution >= 0.6 is 11.6 Å². The minimum Gasteiger partial charge on any atom is -0.317 e. The zero-order valence-corrected chi connectivity index (χ0v) is 10.9. The summed E-state index contributed by atoms with van der Waals surface area (Å²) in [6, 6.07) is 5.36. The molecule has 1 aliphatic rings. The quantitative estimate of drug-likeness (QED) is 0.866. The van der Waals surface area contributed by atoms with Crippen molar-refractivity contribution in [2.75, 3.05) is 7.05 Å². The van der Waals surface area contributed by atoms with Crippen LogP contribution < -0.4 is 5.32 Å².